The highest BCUT2D eigenvalue weighted by atomic mass is 32.2. The molecule has 1 aromatic carbocycles. The lowest BCUT2D eigenvalue weighted by atomic mass is 10.1. The number of aromatic nitrogens is 2. The van der Waals surface area contributed by atoms with Crippen molar-refractivity contribution in [2.45, 2.75) is 83.5 Å². The molecule has 172 valence electrons. The van der Waals surface area contributed by atoms with Crippen molar-refractivity contribution >= 4 is 15.9 Å². The Kier molecular flexibility index (Phi) is 7.52. The van der Waals surface area contributed by atoms with E-state index in [1.165, 1.54) is 30.5 Å². The second kappa shape index (κ2) is 9.38. The maximum Gasteiger partial charge on any atom is 0.318 e. The molecular weight excluding hydrogens is 419 g/mol. The van der Waals surface area contributed by atoms with Gasteiger partial charge in [0.1, 0.15) is 5.82 Å². The van der Waals surface area contributed by atoms with Crippen molar-refractivity contribution in [2.75, 3.05) is 0 Å². The minimum Gasteiger partial charge on any atom is -0.333 e. The molecule has 0 spiro atoms. The number of hydrogen-bond donors (Lipinski definition) is 1. The van der Waals surface area contributed by atoms with Gasteiger partial charge in [-0.1, -0.05) is 12.1 Å². The highest BCUT2D eigenvalue weighted by molar-refractivity contribution is 7.90. The van der Waals surface area contributed by atoms with E-state index in [1.54, 1.807) is 9.47 Å². The van der Waals surface area contributed by atoms with Gasteiger partial charge < -0.3 is 14.8 Å². The molecule has 1 N–H and O–H groups in total. The maximum absolute atomic E-state index is 13.2. The molecule has 2 rings (SSSR count). The van der Waals surface area contributed by atoms with E-state index in [0.29, 0.717) is 11.3 Å². The number of nitrogens with one attached hydrogen (secondary N) is 1. The van der Waals surface area contributed by atoms with E-state index in [-0.39, 0.29) is 35.6 Å². The first kappa shape index (κ1) is 24.8. The summed E-state index contributed by atoms with van der Waals surface area (Å²) >= 11 is 0. The van der Waals surface area contributed by atoms with Gasteiger partial charge in [0.25, 0.3) is 0 Å². The average Bonchev–Trinajstić information content (AvgIpc) is 3.04. The highest BCUT2D eigenvalue weighted by Gasteiger charge is 2.28. The quantitative estimate of drug-likeness (QED) is 0.679. The molecule has 1 aromatic heterocycles. The summed E-state index contributed by atoms with van der Waals surface area (Å²) in [4.78, 5) is 18.7. The first-order valence-corrected chi connectivity index (χ1v) is 12.0. The molecule has 0 aliphatic rings. The monoisotopic (exact) mass is 452 g/mol. The number of imidazole rings is 1. The van der Waals surface area contributed by atoms with Crippen LogP contribution < -0.4 is 5.32 Å². The predicted molar refractivity (Wildman–Crippen MR) is 119 cm³/mol. The van der Waals surface area contributed by atoms with Crippen molar-refractivity contribution in [3.63, 3.8) is 0 Å². The Labute approximate surface area is 184 Å². The molecule has 1 heterocycles. The van der Waals surface area contributed by atoms with Gasteiger partial charge in [0.05, 0.1) is 24.2 Å². The zero-order valence-corrected chi connectivity index (χ0v) is 20.1. The molecule has 0 bridgehead atoms. The molecule has 2 aromatic rings. The van der Waals surface area contributed by atoms with Crippen LogP contribution in [0, 0.1) is 5.82 Å². The summed E-state index contributed by atoms with van der Waals surface area (Å²) in [6.45, 7) is 13.5. The molecule has 7 nitrogen and oxygen atoms in total. The van der Waals surface area contributed by atoms with Crippen LogP contribution in [-0.4, -0.2) is 40.5 Å². The summed E-state index contributed by atoms with van der Waals surface area (Å²) < 4.78 is 41.0. The maximum atomic E-state index is 13.2. The third-order valence-electron chi connectivity index (χ3n) is 4.60. The van der Waals surface area contributed by atoms with Crippen LogP contribution >= 0.6 is 0 Å². The third-order valence-corrected chi connectivity index (χ3v) is 6.17. The first-order chi connectivity index (χ1) is 14.2. The van der Waals surface area contributed by atoms with Crippen LogP contribution in [-0.2, 0) is 22.1 Å². The molecule has 0 fully saturated rings. The van der Waals surface area contributed by atoms with Gasteiger partial charge in [0.2, 0.25) is 15.0 Å². The second-order valence-electron chi connectivity index (χ2n) is 9.28. The smallest absolute Gasteiger partial charge is 0.318 e. The second-order valence-corrected chi connectivity index (χ2v) is 11.2. The number of carbonyl (C=O) groups excluding carboxylic acids is 1. The Bertz CT molecular complexity index is 1010. The fraction of sp³-hybridized carbons (Fsp3) is 0.545. The topological polar surface area (TPSA) is 84.3 Å². The molecule has 31 heavy (non-hydrogen) atoms. The van der Waals surface area contributed by atoms with Crippen molar-refractivity contribution in [1.29, 1.82) is 0 Å². The van der Waals surface area contributed by atoms with Crippen LogP contribution in [0.3, 0.4) is 0 Å². The molecule has 0 aliphatic heterocycles. The highest BCUT2D eigenvalue weighted by Crippen LogP contribution is 2.23. The van der Waals surface area contributed by atoms with Gasteiger partial charge >= 0.3 is 6.03 Å². The van der Waals surface area contributed by atoms with Crippen molar-refractivity contribution < 1.29 is 17.6 Å². The molecule has 0 saturated heterocycles. The fourth-order valence-corrected chi connectivity index (χ4v) is 4.80. The Morgan fingerprint density at radius 3 is 2.23 bits per heavy atom. The number of benzene rings is 1. The molecule has 2 amide bonds. The summed E-state index contributed by atoms with van der Waals surface area (Å²) in [6, 6.07) is 4.86. The molecule has 0 aliphatic carbocycles. The number of rotatable bonds is 7. The van der Waals surface area contributed by atoms with E-state index >= 15 is 0 Å². The van der Waals surface area contributed by atoms with E-state index in [0.717, 1.165) is 0 Å². The largest absolute Gasteiger partial charge is 0.333 e. The first-order valence-electron chi connectivity index (χ1n) is 10.3. The Morgan fingerprint density at radius 1 is 1.16 bits per heavy atom. The lowest BCUT2D eigenvalue weighted by Gasteiger charge is -2.31. The van der Waals surface area contributed by atoms with Gasteiger partial charge in [-0.25, -0.2) is 22.6 Å². The molecule has 0 unspecified atom stereocenters. The number of amides is 2. The van der Waals surface area contributed by atoms with E-state index in [4.69, 9.17) is 0 Å². The summed E-state index contributed by atoms with van der Waals surface area (Å²) in [6.07, 6.45) is 1.51. The summed E-state index contributed by atoms with van der Waals surface area (Å²) in [7, 11) is -3.78. The van der Waals surface area contributed by atoms with Crippen LogP contribution in [0.4, 0.5) is 9.18 Å². The van der Waals surface area contributed by atoms with Crippen molar-refractivity contribution in [2.24, 2.45) is 0 Å². The standard InChI is InChI=1S/C22H33FN4O3S/c1-15(2)26(20(28)25-22(5,6)7)13-19-12-24-21(27(19)16(3)4)31(29,30)14-17-8-10-18(23)11-9-17/h8-12,15-16H,13-14H2,1-7H3,(H,25,28). The zero-order chi connectivity index (χ0) is 23.6. The number of halogens is 1. The van der Waals surface area contributed by atoms with Gasteiger partial charge in [-0.2, -0.15) is 0 Å². The fourth-order valence-electron chi connectivity index (χ4n) is 3.20. The number of hydrogen-bond acceptors (Lipinski definition) is 4. The van der Waals surface area contributed by atoms with Gasteiger partial charge in [-0.3, -0.25) is 0 Å². The Hall–Kier alpha value is -2.42. The summed E-state index contributed by atoms with van der Waals surface area (Å²) in [5, 5.41) is 2.90. The van der Waals surface area contributed by atoms with Crippen LogP contribution in [0.25, 0.3) is 0 Å². The Morgan fingerprint density at radius 2 is 1.74 bits per heavy atom. The van der Waals surface area contributed by atoms with Gasteiger partial charge in [0.15, 0.2) is 0 Å². The van der Waals surface area contributed by atoms with E-state index < -0.39 is 21.2 Å². The Balaban J connectivity index is 2.38. The van der Waals surface area contributed by atoms with E-state index in [9.17, 15) is 17.6 Å². The molecule has 0 radical (unpaired) electrons. The van der Waals surface area contributed by atoms with Crippen LogP contribution in [0.5, 0.6) is 0 Å². The molecule has 0 atom stereocenters. The zero-order valence-electron chi connectivity index (χ0n) is 19.3. The lowest BCUT2D eigenvalue weighted by Crippen LogP contribution is -2.50. The number of carbonyl (C=O) groups is 1. The minimum atomic E-state index is -3.78. The molecule has 9 heteroatoms. The molecule has 0 saturated carbocycles. The van der Waals surface area contributed by atoms with Gasteiger partial charge in [-0.05, 0) is 66.2 Å². The van der Waals surface area contributed by atoms with Crippen molar-refractivity contribution in [3.05, 3.63) is 47.5 Å². The predicted octanol–water partition coefficient (Wildman–Crippen LogP) is 4.30. The lowest BCUT2D eigenvalue weighted by molar-refractivity contribution is 0.169. The number of nitrogens with zero attached hydrogens (tertiary/aromatic N) is 3. The normalized spacial score (nSPS) is 12.5. The molecular formula is C22H33FN4O3S. The van der Waals surface area contributed by atoms with E-state index in [1.807, 2.05) is 48.5 Å². The van der Waals surface area contributed by atoms with Crippen LogP contribution in [0.15, 0.2) is 35.6 Å². The summed E-state index contributed by atoms with van der Waals surface area (Å²) in [5.41, 5.74) is 0.715. The van der Waals surface area contributed by atoms with Gasteiger partial charge in [0, 0.05) is 17.6 Å². The summed E-state index contributed by atoms with van der Waals surface area (Å²) in [5.74, 6) is -0.705. The average molecular weight is 453 g/mol. The van der Waals surface area contributed by atoms with Crippen molar-refractivity contribution in [3.8, 4) is 0 Å². The third kappa shape index (κ3) is 6.53. The van der Waals surface area contributed by atoms with E-state index in [2.05, 4.69) is 10.3 Å². The number of urea groups is 1. The van der Waals surface area contributed by atoms with Crippen molar-refractivity contribution in [1.82, 2.24) is 19.8 Å². The SMILES string of the molecule is CC(C)N(Cc1cnc(S(=O)(=O)Cc2ccc(F)cc2)n1C(C)C)C(=O)NC(C)(C)C. The van der Waals surface area contributed by atoms with Crippen LogP contribution in [0.1, 0.15) is 65.8 Å². The minimum absolute atomic E-state index is 0.0539. The van der Waals surface area contributed by atoms with Gasteiger partial charge in [-0.15, -0.1) is 0 Å². The number of sulfone groups is 1. The van der Waals surface area contributed by atoms with Crippen LogP contribution in [0.2, 0.25) is 0 Å².